The van der Waals surface area contributed by atoms with Crippen LogP contribution in [0, 0.1) is 0 Å². The van der Waals surface area contributed by atoms with Crippen LogP contribution in [0.3, 0.4) is 0 Å². The minimum Gasteiger partial charge on any atom is -0.344 e. The number of rotatable bonds is 3. The highest BCUT2D eigenvalue weighted by Crippen LogP contribution is 2.26. The van der Waals surface area contributed by atoms with E-state index in [0.717, 1.165) is 22.2 Å². The molecule has 6 nitrogen and oxygen atoms in total. The molecule has 1 unspecified atom stereocenters. The van der Waals surface area contributed by atoms with E-state index in [0.29, 0.717) is 11.8 Å². The van der Waals surface area contributed by atoms with Gasteiger partial charge in [0.05, 0.1) is 12.5 Å². The molecule has 130 valence electrons. The van der Waals surface area contributed by atoms with E-state index >= 15 is 0 Å². The molecule has 3 aromatic rings. The molecule has 0 fully saturated rings. The van der Waals surface area contributed by atoms with Gasteiger partial charge in [-0.05, 0) is 41.6 Å². The number of nitrogens with one attached hydrogen (secondary N) is 3. The van der Waals surface area contributed by atoms with Gasteiger partial charge in [0, 0.05) is 11.1 Å². The first-order valence-electron chi connectivity index (χ1n) is 8.37. The van der Waals surface area contributed by atoms with Crippen LogP contribution in [0.5, 0.6) is 0 Å². The summed E-state index contributed by atoms with van der Waals surface area (Å²) in [5.41, 5.74) is 2.57. The van der Waals surface area contributed by atoms with E-state index in [4.69, 9.17) is 0 Å². The average Bonchev–Trinajstić information content (AvgIpc) is 3.00. The quantitative estimate of drug-likeness (QED) is 0.680. The summed E-state index contributed by atoms with van der Waals surface area (Å²) >= 11 is 0. The summed E-state index contributed by atoms with van der Waals surface area (Å²) < 4.78 is 0. The number of hydrogen-bond acceptors (Lipinski definition) is 3. The van der Waals surface area contributed by atoms with Gasteiger partial charge in [-0.2, -0.15) is 0 Å². The molecule has 1 aliphatic heterocycles. The number of aromatic amines is 1. The maximum atomic E-state index is 12.6. The molecule has 0 aliphatic carbocycles. The highest BCUT2D eigenvalue weighted by molar-refractivity contribution is 5.99. The summed E-state index contributed by atoms with van der Waals surface area (Å²) in [6.07, 6.45) is 0.349. The molecular weight excluding hydrogens is 330 g/mol. The lowest BCUT2D eigenvalue weighted by molar-refractivity contribution is -0.115. The lowest BCUT2D eigenvalue weighted by Crippen LogP contribution is -2.29. The van der Waals surface area contributed by atoms with Crippen molar-refractivity contribution in [3.63, 3.8) is 0 Å². The van der Waals surface area contributed by atoms with Gasteiger partial charge in [0.25, 0.3) is 11.5 Å². The Morgan fingerprint density at radius 2 is 1.92 bits per heavy atom. The fraction of sp³-hybridized carbons (Fsp3) is 0.150. The lowest BCUT2D eigenvalue weighted by Gasteiger charge is -2.15. The molecule has 0 saturated carbocycles. The fourth-order valence-corrected chi connectivity index (χ4v) is 3.21. The van der Waals surface area contributed by atoms with Gasteiger partial charge in [0.2, 0.25) is 5.91 Å². The van der Waals surface area contributed by atoms with Crippen LogP contribution in [-0.4, -0.2) is 16.8 Å². The molecule has 2 aromatic carbocycles. The zero-order valence-corrected chi connectivity index (χ0v) is 14.1. The van der Waals surface area contributed by atoms with Crippen molar-refractivity contribution < 1.29 is 9.59 Å². The van der Waals surface area contributed by atoms with Crippen molar-refractivity contribution in [3.8, 4) is 0 Å². The van der Waals surface area contributed by atoms with E-state index in [1.54, 1.807) is 24.3 Å². The van der Waals surface area contributed by atoms with Gasteiger partial charge < -0.3 is 15.6 Å². The Bertz CT molecular complexity index is 1100. The van der Waals surface area contributed by atoms with E-state index in [1.807, 2.05) is 31.2 Å². The number of fused-ring (bicyclic) bond motifs is 2. The van der Waals surface area contributed by atoms with Crippen LogP contribution in [0.2, 0.25) is 0 Å². The van der Waals surface area contributed by atoms with Crippen LogP contribution in [0.25, 0.3) is 10.8 Å². The molecule has 2 heterocycles. The molecule has 0 spiro atoms. The Morgan fingerprint density at radius 3 is 2.77 bits per heavy atom. The molecule has 0 bridgehead atoms. The van der Waals surface area contributed by atoms with E-state index in [-0.39, 0.29) is 29.1 Å². The average molecular weight is 347 g/mol. The van der Waals surface area contributed by atoms with E-state index in [1.165, 1.54) is 0 Å². The van der Waals surface area contributed by atoms with Gasteiger partial charge in [-0.25, -0.2) is 0 Å². The summed E-state index contributed by atoms with van der Waals surface area (Å²) in [7, 11) is 0. The highest BCUT2D eigenvalue weighted by Gasteiger charge is 2.20. The minimum atomic E-state index is -0.352. The van der Waals surface area contributed by atoms with Gasteiger partial charge in [0.1, 0.15) is 5.69 Å². The van der Waals surface area contributed by atoms with Crippen molar-refractivity contribution in [2.45, 2.75) is 19.4 Å². The molecule has 1 aliphatic rings. The van der Waals surface area contributed by atoms with Crippen LogP contribution >= 0.6 is 0 Å². The second-order valence-corrected chi connectivity index (χ2v) is 6.44. The maximum Gasteiger partial charge on any atom is 0.268 e. The first kappa shape index (κ1) is 16.1. The third-order valence-corrected chi connectivity index (χ3v) is 4.60. The second-order valence-electron chi connectivity index (χ2n) is 6.44. The summed E-state index contributed by atoms with van der Waals surface area (Å²) in [6.45, 7) is 1.86. The Balaban J connectivity index is 1.57. The second kappa shape index (κ2) is 6.15. The number of carbonyl (C=O) groups excluding carboxylic acids is 2. The number of pyridine rings is 1. The number of aromatic nitrogens is 1. The number of H-pyrrole nitrogens is 1. The van der Waals surface area contributed by atoms with Crippen LogP contribution in [0.1, 0.15) is 34.6 Å². The summed E-state index contributed by atoms with van der Waals surface area (Å²) in [5, 5.41) is 6.95. The van der Waals surface area contributed by atoms with Gasteiger partial charge in [-0.3, -0.25) is 14.4 Å². The molecule has 4 rings (SSSR count). The first-order chi connectivity index (χ1) is 12.5. The Morgan fingerprint density at radius 1 is 1.12 bits per heavy atom. The first-order valence-corrected chi connectivity index (χ1v) is 8.37. The van der Waals surface area contributed by atoms with Crippen molar-refractivity contribution in [3.05, 3.63) is 75.7 Å². The number of hydrogen-bond donors (Lipinski definition) is 3. The van der Waals surface area contributed by atoms with E-state index in [2.05, 4.69) is 15.6 Å². The molecule has 1 aromatic heterocycles. The third kappa shape index (κ3) is 2.86. The van der Waals surface area contributed by atoms with Crippen LogP contribution in [-0.2, 0) is 11.2 Å². The molecular formula is C20H17N3O3. The van der Waals surface area contributed by atoms with Gasteiger partial charge in [-0.1, -0.05) is 30.3 Å². The lowest BCUT2D eigenvalue weighted by atomic mass is 10.0. The number of carbonyl (C=O) groups is 2. The standard InChI is InChI=1S/C20H17N3O3/c1-11(12-6-7-16-14(8-12)10-18(24)22-16)21-20(26)17-9-13-4-2-3-5-15(13)19(25)23-17/h2-9,11H,10H2,1H3,(H,21,26)(H,22,24)(H,23,25). The van der Waals surface area contributed by atoms with Gasteiger partial charge in [-0.15, -0.1) is 0 Å². The zero-order chi connectivity index (χ0) is 18.3. The van der Waals surface area contributed by atoms with Crippen LogP contribution in [0.4, 0.5) is 5.69 Å². The normalized spacial score (nSPS) is 14.0. The molecule has 0 radical (unpaired) electrons. The number of anilines is 1. The van der Waals surface area contributed by atoms with Crippen molar-refractivity contribution >= 4 is 28.3 Å². The SMILES string of the molecule is CC(NC(=O)c1cc2ccccc2c(=O)[nH]1)c1ccc2c(c1)CC(=O)N2. The molecule has 2 amide bonds. The summed E-state index contributed by atoms with van der Waals surface area (Å²) in [6, 6.07) is 14.2. The zero-order valence-electron chi connectivity index (χ0n) is 14.1. The van der Waals surface area contributed by atoms with Gasteiger partial charge >= 0.3 is 0 Å². The maximum absolute atomic E-state index is 12.6. The van der Waals surface area contributed by atoms with Crippen molar-refractivity contribution in [2.24, 2.45) is 0 Å². The predicted octanol–water partition coefficient (Wildman–Crippen LogP) is 2.51. The number of benzene rings is 2. The van der Waals surface area contributed by atoms with Crippen molar-refractivity contribution in [1.29, 1.82) is 0 Å². The van der Waals surface area contributed by atoms with Crippen LogP contribution in [0.15, 0.2) is 53.3 Å². The largest absolute Gasteiger partial charge is 0.344 e. The van der Waals surface area contributed by atoms with Crippen LogP contribution < -0.4 is 16.2 Å². The molecule has 26 heavy (non-hydrogen) atoms. The molecule has 0 saturated heterocycles. The van der Waals surface area contributed by atoms with Crippen molar-refractivity contribution in [1.82, 2.24) is 10.3 Å². The van der Waals surface area contributed by atoms with E-state index < -0.39 is 0 Å². The summed E-state index contributed by atoms with van der Waals surface area (Å²) in [4.78, 5) is 38.8. The Hall–Kier alpha value is -3.41. The monoisotopic (exact) mass is 347 g/mol. The van der Waals surface area contributed by atoms with Crippen molar-refractivity contribution in [2.75, 3.05) is 5.32 Å². The van der Waals surface area contributed by atoms with E-state index in [9.17, 15) is 14.4 Å². The molecule has 6 heteroatoms. The highest BCUT2D eigenvalue weighted by atomic mass is 16.2. The fourth-order valence-electron chi connectivity index (χ4n) is 3.21. The smallest absolute Gasteiger partial charge is 0.268 e. The summed E-state index contributed by atoms with van der Waals surface area (Å²) in [5.74, 6) is -0.377. The van der Waals surface area contributed by atoms with Gasteiger partial charge in [0.15, 0.2) is 0 Å². The predicted molar refractivity (Wildman–Crippen MR) is 99.2 cm³/mol. The third-order valence-electron chi connectivity index (χ3n) is 4.60. The minimum absolute atomic E-state index is 0.0254. The Kier molecular flexibility index (Phi) is 3.80. The molecule has 1 atom stereocenters. The topological polar surface area (TPSA) is 91.1 Å². The molecule has 3 N–H and O–H groups in total. The Labute approximate surface area is 149 Å². The number of amides is 2.